The summed E-state index contributed by atoms with van der Waals surface area (Å²) in [5.74, 6) is -5.10. The van der Waals surface area contributed by atoms with Crippen LogP contribution in [0.2, 0.25) is 0 Å². The second-order valence-electron chi connectivity index (χ2n) is 2.67. The summed E-state index contributed by atoms with van der Waals surface area (Å²) in [5.41, 5.74) is 4.43. The second kappa shape index (κ2) is 2.94. The van der Waals surface area contributed by atoms with Crippen LogP contribution in [-0.4, -0.2) is 11.8 Å². The van der Waals surface area contributed by atoms with Gasteiger partial charge in [0, 0.05) is 6.42 Å². The maximum atomic E-state index is 12.3. The van der Waals surface area contributed by atoms with Crippen LogP contribution in [0.4, 0.5) is 8.78 Å². The van der Waals surface area contributed by atoms with Gasteiger partial charge in [-0.25, -0.2) is 0 Å². The zero-order valence-electron chi connectivity index (χ0n) is 6.03. The molecule has 0 aliphatic rings. The van der Waals surface area contributed by atoms with Gasteiger partial charge in [-0.1, -0.05) is 13.8 Å². The van der Waals surface area contributed by atoms with Gasteiger partial charge in [-0.3, -0.25) is 4.79 Å². The Balaban J connectivity index is 4.00. The van der Waals surface area contributed by atoms with Crippen LogP contribution in [-0.2, 0) is 4.79 Å². The van der Waals surface area contributed by atoms with Gasteiger partial charge in [-0.05, 0) is 5.92 Å². The van der Waals surface area contributed by atoms with Crippen LogP contribution in [0.1, 0.15) is 20.3 Å². The first-order valence-corrected chi connectivity index (χ1v) is 3.04. The molecule has 0 aliphatic heterocycles. The summed E-state index contributed by atoms with van der Waals surface area (Å²) in [6, 6.07) is 0. The molecule has 0 aromatic carbocycles. The zero-order valence-corrected chi connectivity index (χ0v) is 6.03. The van der Waals surface area contributed by atoms with Gasteiger partial charge in [-0.2, -0.15) is 8.78 Å². The molecule has 4 heteroatoms. The SMILES string of the molecule is CC(C)CC(F)(F)C(N)=O. The lowest BCUT2D eigenvalue weighted by Gasteiger charge is -2.13. The fourth-order valence-corrected chi connectivity index (χ4v) is 0.613. The smallest absolute Gasteiger partial charge is 0.324 e. The Labute approximate surface area is 58.4 Å². The topological polar surface area (TPSA) is 43.1 Å². The minimum Gasteiger partial charge on any atom is -0.364 e. The van der Waals surface area contributed by atoms with Gasteiger partial charge < -0.3 is 5.73 Å². The highest BCUT2D eigenvalue weighted by Crippen LogP contribution is 2.22. The Morgan fingerprint density at radius 3 is 2.10 bits per heavy atom. The summed E-state index contributed by atoms with van der Waals surface area (Å²) in [5, 5.41) is 0. The quantitative estimate of drug-likeness (QED) is 0.646. The van der Waals surface area contributed by atoms with E-state index in [-0.39, 0.29) is 5.92 Å². The normalized spacial score (nSPS) is 12.1. The molecule has 0 fully saturated rings. The Morgan fingerprint density at radius 2 is 2.00 bits per heavy atom. The molecule has 2 N–H and O–H groups in total. The summed E-state index contributed by atoms with van der Waals surface area (Å²) < 4.78 is 24.6. The highest BCUT2D eigenvalue weighted by molar-refractivity contribution is 5.81. The van der Waals surface area contributed by atoms with Crippen molar-refractivity contribution in [1.29, 1.82) is 0 Å². The lowest BCUT2D eigenvalue weighted by atomic mass is 10.1. The zero-order chi connectivity index (χ0) is 8.36. The molecule has 0 rings (SSSR count). The van der Waals surface area contributed by atoms with Gasteiger partial charge in [0.25, 0.3) is 5.91 Å². The van der Waals surface area contributed by atoms with Crippen molar-refractivity contribution < 1.29 is 13.6 Å². The highest BCUT2D eigenvalue weighted by Gasteiger charge is 2.36. The maximum absolute atomic E-state index is 12.3. The third kappa shape index (κ3) is 2.75. The average molecular weight is 151 g/mol. The van der Waals surface area contributed by atoms with E-state index in [1.807, 2.05) is 0 Å². The predicted molar refractivity (Wildman–Crippen MR) is 33.6 cm³/mol. The first-order valence-electron chi connectivity index (χ1n) is 3.04. The molecule has 2 nitrogen and oxygen atoms in total. The van der Waals surface area contributed by atoms with Crippen molar-refractivity contribution in [1.82, 2.24) is 0 Å². The summed E-state index contributed by atoms with van der Waals surface area (Å²) in [6.07, 6.45) is -0.470. The maximum Gasteiger partial charge on any atom is 0.324 e. The van der Waals surface area contributed by atoms with Gasteiger partial charge in [-0.15, -0.1) is 0 Å². The van der Waals surface area contributed by atoms with Crippen LogP contribution >= 0.6 is 0 Å². The predicted octanol–water partition coefficient (Wildman–Crippen LogP) is 1.15. The van der Waals surface area contributed by atoms with Gasteiger partial charge in [0.1, 0.15) is 0 Å². The van der Waals surface area contributed by atoms with Crippen LogP contribution < -0.4 is 5.73 Å². The van der Waals surface area contributed by atoms with Gasteiger partial charge >= 0.3 is 5.92 Å². The van der Waals surface area contributed by atoms with E-state index >= 15 is 0 Å². The summed E-state index contributed by atoms with van der Waals surface area (Å²) >= 11 is 0. The highest BCUT2D eigenvalue weighted by atomic mass is 19.3. The van der Waals surface area contributed by atoms with E-state index in [1.165, 1.54) is 0 Å². The molecule has 0 aliphatic carbocycles. The van der Waals surface area contributed by atoms with Crippen LogP contribution in [0.5, 0.6) is 0 Å². The number of carbonyl (C=O) groups is 1. The standard InChI is InChI=1S/C6H11F2NO/c1-4(2)3-6(7,8)5(9)10/h4H,3H2,1-2H3,(H2,9,10). The molecule has 0 saturated carbocycles. The Bertz CT molecular complexity index is 134. The monoisotopic (exact) mass is 151 g/mol. The molecule has 0 aromatic heterocycles. The molecule has 0 spiro atoms. The summed E-state index contributed by atoms with van der Waals surface area (Å²) in [4.78, 5) is 10.0. The largest absolute Gasteiger partial charge is 0.364 e. The van der Waals surface area contributed by atoms with E-state index < -0.39 is 18.3 Å². The number of rotatable bonds is 3. The minimum atomic E-state index is -3.34. The van der Waals surface area contributed by atoms with Crippen LogP contribution in [0.25, 0.3) is 0 Å². The lowest BCUT2D eigenvalue weighted by Crippen LogP contribution is -2.36. The van der Waals surface area contributed by atoms with E-state index in [4.69, 9.17) is 0 Å². The van der Waals surface area contributed by atoms with Crippen LogP contribution in [0, 0.1) is 5.92 Å². The van der Waals surface area contributed by atoms with Crippen molar-refractivity contribution in [2.45, 2.75) is 26.2 Å². The van der Waals surface area contributed by atoms with Gasteiger partial charge in [0.05, 0.1) is 0 Å². The molecule has 10 heavy (non-hydrogen) atoms. The van der Waals surface area contributed by atoms with Gasteiger partial charge in [0.15, 0.2) is 0 Å². The number of primary amides is 1. The van der Waals surface area contributed by atoms with Crippen molar-refractivity contribution in [3.05, 3.63) is 0 Å². The molecule has 0 aromatic rings. The molecule has 0 atom stereocenters. The first-order chi connectivity index (χ1) is 4.36. The van der Waals surface area contributed by atoms with Crippen molar-refractivity contribution >= 4 is 5.91 Å². The van der Waals surface area contributed by atoms with E-state index in [2.05, 4.69) is 5.73 Å². The molecular weight excluding hydrogens is 140 g/mol. The number of amides is 1. The molecular formula is C6H11F2NO. The number of halogens is 2. The number of nitrogens with two attached hydrogens (primary N) is 1. The van der Waals surface area contributed by atoms with Crippen molar-refractivity contribution in [3.8, 4) is 0 Å². The molecule has 0 unspecified atom stereocenters. The summed E-state index contributed by atoms with van der Waals surface area (Å²) in [7, 11) is 0. The fourth-order valence-electron chi connectivity index (χ4n) is 0.613. The molecule has 0 radical (unpaired) electrons. The molecule has 0 heterocycles. The van der Waals surface area contributed by atoms with E-state index in [0.29, 0.717) is 0 Å². The Kier molecular flexibility index (Phi) is 2.75. The molecule has 0 saturated heterocycles. The molecule has 60 valence electrons. The Morgan fingerprint density at radius 1 is 1.60 bits per heavy atom. The first kappa shape index (κ1) is 9.33. The Hall–Kier alpha value is -0.670. The molecule has 1 amide bonds. The third-order valence-electron chi connectivity index (χ3n) is 1.03. The number of alkyl halides is 2. The second-order valence-corrected chi connectivity index (χ2v) is 2.67. The van der Waals surface area contributed by atoms with Crippen LogP contribution in [0.3, 0.4) is 0 Å². The van der Waals surface area contributed by atoms with Crippen molar-refractivity contribution in [2.24, 2.45) is 11.7 Å². The molecule has 0 bridgehead atoms. The van der Waals surface area contributed by atoms with E-state index in [1.54, 1.807) is 13.8 Å². The van der Waals surface area contributed by atoms with Crippen molar-refractivity contribution in [3.63, 3.8) is 0 Å². The van der Waals surface area contributed by atoms with E-state index in [0.717, 1.165) is 0 Å². The van der Waals surface area contributed by atoms with Crippen LogP contribution in [0.15, 0.2) is 0 Å². The number of hydrogen-bond donors (Lipinski definition) is 1. The average Bonchev–Trinajstić information content (AvgIpc) is 1.60. The number of hydrogen-bond acceptors (Lipinski definition) is 1. The third-order valence-corrected chi connectivity index (χ3v) is 1.03. The number of carbonyl (C=O) groups excluding carboxylic acids is 1. The van der Waals surface area contributed by atoms with E-state index in [9.17, 15) is 13.6 Å². The lowest BCUT2D eigenvalue weighted by molar-refractivity contribution is -0.143. The minimum absolute atomic E-state index is 0.220. The van der Waals surface area contributed by atoms with Crippen molar-refractivity contribution in [2.75, 3.05) is 0 Å². The van der Waals surface area contributed by atoms with Gasteiger partial charge in [0.2, 0.25) is 0 Å². The fraction of sp³-hybridized carbons (Fsp3) is 0.833. The summed E-state index contributed by atoms with van der Waals surface area (Å²) in [6.45, 7) is 3.22.